The Morgan fingerprint density at radius 1 is 1.33 bits per heavy atom. The summed E-state index contributed by atoms with van der Waals surface area (Å²) in [4.78, 5) is 0.989. The third-order valence-corrected chi connectivity index (χ3v) is 4.74. The second-order valence-electron chi connectivity index (χ2n) is 4.09. The van der Waals surface area contributed by atoms with Crippen molar-refractivity contribution in [3.8, 4) is 0 Å². The van der Waals surface area contributed by atoms with Gasteiger partial charge in [-0.3, -0.25) is 0 Å². The number of thiophene rings is 1. The molecule has 0 amide bonds. The largest absolute Gasteiger partial charge is 0.323 e. The summed E-state index contributed by atoms with van der Waals surface area (Å²) in [5.74, 6) is -1.13. The summed E-state index contributed by atoms with van der Waals surface area (Å²) in [6, 6.07) is 3.90. The lowest BCUT2D eigenvalue weighted by atomic mass is 10.00. The molecule has 0 saturated heterocycles. The fourth-order valence-corrected chi connectivity index (χ4v) is 3.36. The fraction of sp³-hybridized carbons (Fsp3) is 0.231. The maximum absolute atomic E-state index is 13.9. The van der Waals surface area contributed by atoms with Crippen molar-refractivity contribution in [3.63, 3.8) is 0 Å². The lowest BCUT2D eigenvalue weighted by Gasteiger charge is -2.14. The van der Waals surface area contributed by atoms with E-state index < -0.39 is 17.7 Å². The molecule has 2 rings (SSSR count). The Bertz CT molecular complexity index is 568. The topological polar surface area (TPSA) is 26.0 Å². The highest BCUT2D eigenvalue weighted by Crippen LogP contribution is 2.29. The van der Waals surface area contributed by atoms with Gasteiger partial charge in [0.15, 0.2) is 0 Å². The van der Waals surface area contributed by atoms with Crippen LogP contribution in [0.25, 0.3) is 0 Å². The van der Waals surface area contributed by atoms with Gasteiger partial charge in [0.05, 0.1) is 0 Å². The molecule has 1 unspecified atom stereocenters. The quantitative estimate of drug-likeness (QED) is 0.889. The van der Waals surface area contributed by atoms with Crippen LogP contribution in [0.2, 0.25) is 0 Å². The van der Waals surface area contributed by atoms with Crippen LogP contribution in [-0.4, -0.2) is 0 Å². The molecule has 2 N–H and O–H groups in total. The first-order valence-electron chi connectivity index (χ1n) is 5.42. The van der Waals surface area contributed by atoms with E-state index in [1.54, 1.807) is 6.92 Å². The molecule has 96 valence electrons. The lowest BCUT2D eigenvalue weighted by molar-refractivity contribution is 0.521. The molecule has 0 aliphatic carbocycles. The molecule has 0 saturated carbocycles. The van der Waals surface area contributed by atoms with Crippen LogP contribution in [0.5, 0.6) is 0 Å². The number of benzene rings is 1. The van der Waals surface area contributed by atoms with Gasteiger partial charge < -0.3 is 5.73 Å². The van der Waals surface area contributed by atoms with Gasteiger partial charge in [-0.05, 0) is 45.9 Å². The number of nitrogens with two attached hydrogens (primary N) is 1. The van der Waals surface area contributed by atoms with Gasteiger partial charge >= 0.3 is 0 Å². The Labute approximate surface area is 117 Å². The molecule has 5 heteroatoms. The molecule has 0 aliphatic rings. The van der Waals surface area contributed by atoms with Crippen molar-refractivity contribution >= 4 is 27.3 Å². The zero-order valence-electron chi connectivity index (χ0n) is 9.71. The van der Waals surface area contributed by atoms with Gasteiger partial charge in [-0.2, -0.15) is 0 Å². The second-order valence-corrected chi connectivity index (χ2v) is 5.95. The predicted molar refractivity (Wildman–Crippen MR) is 73.7 cm³/mol. The zero-order chi connectivity index (χ0) is 13.3. The summed E-state index contributed by atoms with van der Waals surface area (Å²) in [6.45, 7) is 1.60. The van der Waals surface area contributed by atoms with Gasteiger partial charge in [0.1, 0.15) is 11.6 Å². The van der Waals surface area contributed by atoms with Crippen LogP contribution < -0.4 is 5.73 Å². The zero-order valence-corrected chi connectivity index (χ0v) is 12.1. The molecule has 0 bridgehead atoms. The standard InChI is InChI=1S/C13H12BrF2NS/c1-7-2-3-9(15)12(13(7)16)10(17)6-11-8(14)4-5-18-11/h2-5,10H,6,17H2,1H3. The number of rotatable bonds is 3. The summed E-state index contributed by atoms with van der Waals surface area (Å²) >= 11 is 4.90. The van der Waals surface area contributed by atoms with Gasteiger partial charge in [-0.15, -0.1) is 11.3 Å². The Morgan fingerprint density at radius 3 is 2.67 bits per heavy atom. The van der Waals surface area contributed by atoms with Crippen LogP contribution in [0, 0.1) is 18.6 Å². The highest BCUT2D eigenvalue weighted by atomic mass is 79.9. The van der Waals surface area contributed by atoms with Crippen molar-refractivity contribution in [2.75, 3.05) is 0 Å². The van der Waals surface area contributed by atoms with Crippen LogP contribution in [0.15, 0.2) is 28.1 Å². The normalized spacial score (nSPS) is 12.7. The molecule has 1 aromatic heterocycles. The maximum atomic E-state index is 13.9. The number of aryl methyl sites for hydroxylation is 1. The minimum Gasteiger partial charge on any atom is -0.323 e. The molecule has 0 aliphatic heterocycles. The molecular formula is C13H12BrF2NS. The smallest absolute Gasteiger partial charge is 0.133 e. The lowest BCUT2D eigenvalue weighted by Crippen LogP contribution is -2.17. The first-order valence-corrected chi connectivity index (χ1v) is 7.10. The summed E-state index contributed by atoms with van der Waals surface area (Å²) < 4.78 is 28.5. The minimum absolute atomic E-state index is 0.0321. The molecule has 0 radical (unpaired) electrons. The summed E-state index contributed by atoms with van der Waals surface area (Å²) in [5, 5.41) is 1.91. The van der Waals surface area contributed by atoms with Crippen molar-refractivity contribution in [1.82, 2.24) is 0 Å². The molecule has 18 heavy (non-hydrogen) atoms. The molecular weight excluding hydrogens is 320 g/mol. The van der Waals surface area contributed by atoms with E-state index in [-0.39, 0.29) is 5.56 Å². The van der Waals surface area contributed by atoms with E-state index in [4.69, 9.17) is 5.73 Å². The van der Waals surface area contributed by atoms with Gasteiger partial charge in [0.25, 0.3) is 0 Å². The average molecular weight is 332 g/mol. The molecule has 0 spiro atoms. The van der Waals surface area contributed by atoms with Crippen molar-refractivity contribution in [2.24, 2.45) is 5.73 Å². The van der Waals surface area contributed by atoms with Crippen LogP contribution in [0.1, 0.15) is 22.0 Å². The number of halogens is 3. The van der Waals surface area contributed by atoms with E-state index >= 15 is 0 Å². The first kappa shape index (κ1) is 13.6. The fourth-order valence-electron chi connectivity index (χ4n) is 1.79. The predicted octanol–water partition coefficient (Wildman–Crippen LogP) is 4.34. The Kier molecular flexibility index (Phi) is 4.14. The van der Waals surface area contributed by atoms with Gasteiger partial charge in [-0.1, -0.05) is 6.07 Å². The monoisotopic (exact) mass is 331 g/mol. The SMILES string of the molecule is Cc1ccc(F)c(C(N)Cc2sccc2Br)c1F. The maximum Gasteiger partial charge on any atom is 0.133 e. The summed E-state index contributed by atoms with van der Waals surface area (Å²) in [7, 11) is 0. The first-order chi connectivity index (χ1) is 8.50. The molecule has 1 atom stereocenters. The van der Waals surface area contributed by atoms with Crippen molar-refractivity contribution < 1.29 is 8.78 Å². The van der Waals surface area contributed by atoms with E-state index in [9.17, 15) is 8.78 Å². The molecule has 1 heterocycles. The van der Waals surface area contributed by atoms with Crippen molar-refractivity contribution in [3.05, 3.63) is 55.7 Å². The second kappa shape index (κ2) is 5.47. The molecule has 1 nitrogen and oxygen atoms in total. The highest BCUT2D eigenvalue weighted by Gasteiger charge is 2.19. The summed E-state index contributed by atoms with van der Waals surface area (Å²) in [6.07, 6.45) is 0.412. The molecule has 1 aromatic carbocycles. The highest BCUT2D eigenvalue weighted by molar-refractivity contribution is 9.10. The van der Waals surface area contributed by atoms with Gasteiger partial charge in [-0.25, -0.2) is 8.78 Å². The van der Waals surface area contributed by atoms with Crippen LogP contribution >= 0.6 is 27.3 Å². The van der Waals surface area contributed by atoms with E-state index in [0.29, 0.717) is 12.0 Å². The average Bonchev–Trinajstić information content (AvgIpc) is 2.70. The third kappa shape index (κ3) is 2.63. The van der Waals surface area contributed by atoms with Gasteiger partial charge in [0.2, 0.25) is 0 Å². The molecule has 2 aromatic rings. The van der Waals surface area contributed by atoms with E-state index in [1.165, 1.54) is 23.5 Å². The van der Waals surface area contributed by atoms with E-state index in [1.807, 2.05) is 11.4 Å². The van der Waals surface area contributed by atoms with Gasteiger partial charge in [0, 0.05) is 27.4 Å². The van der Waals surface area contributed by atoms with E-state index in [0.717, 1.165) is 9.35 Å². The Balaban J connectivity index is 2.32. The van der Waals surface area contributed by atoms with Crippen molar-refractivity contribution in [1.29, 1.82) is 0 Å². The minimum atomic E-state index is -0.681. The van der Waals surface area contributed by atoms with Crippen LogP contribution in [-0.2, 0) is 6.42 Å². The van der Waals surface area contributed by atoms with Crippen molar-refractivity contribution in [2.45, 2.75) is 19.4 Å². The van der Waals surface area contributed by atoms with E-state index in [2.05, 4.69) is 15.9 Å². The van der Waals surface area contributed by atoms with Crippen LogP contribution in [0.4, 0.5) is 8.78 Å². The number of hydrogen-bond acceptors (Lipinski definition) is 2. The molecule has 0 fully saturated rings. The summed E-state index contributed by atoms with van der Waals surface area (Å²) in [5.41, 5.74) is 6.31. The third-order valence-electron chi connectivity index (χ3n) is 2.79. The van der Waals surface area contributed by atoms with Crippen LogP contribution in [0.3, 0.4) is 0 Å². The Hall–Kier alpha value is -0.780. The Morgan fingerprint density at radius 2 is 2.06 bits per heavy atom. The number of hydrogen-bond donors (Lipinski definition) is 1.